The van der Waals surface area contributed by atoms with E-state index in [1.165, 1.54) is 133 Å². The van der Waals surface area contributed by atoms with Gasteiger partial charge in [0.15, 0.2) is 24.8 Å². The molecule has 0 fully saturated rings. The van der Waals surface area contributed by atoms with Crippen LogP contribution in [-0.4, -0.2) is 0 Å². The number of para-hydroxylation sites is 4. The number of aryl methyl sites for hydroxylation is 12. The average Bonchev–Trinajstić information content (AvgIpc) is 1.58. The second-order valence-corrected chi connectivity index (χ2v) is 28.0. The molecule has 0 amide bonds. The van der Waals surface area contributed by atoms with Gasteiger partial charge >= 0.3 is 0 Å². The van der Waals surface area contributed by atoms with Gasteiger partial charge in [-0.2, -0.15) is 0 Å². The zero-order chi connectivity index (χ0) is 69.9. The SMILES string of the molecule is Cc1c[n+](C)c(-c2c(C)ccc3c2oc2ccccc23)cc1C(C)C.Cc1cc(-c2c(C)ccc3c2oc2ccccc23)[n+](C)cc1C.Cc1cc(-c2c(C)ccc3c2oc2ccccc23)[n+](C)cc1C(C)C.Cc1ccc2c(oc3ccccc32)c1-c1cc(-c2ccccc2)cc[n+]1C. The summed E-state index contributed by atoms with van der Waals surface area (Å²) in [5.74, 6) is 1.01. The van der Waals surface area contributed by atoms with Crippen molar-refractivity contribution in [1.82, 2.24) is 0 Å². The van der Waals surface area contributed by atoms with Crippen LogP contribution in [0.3, 0.4) is 0 Å². The summed E-state index contributed by atoms with van der Waals surface area (Å²) in [5, 5.41) is 9.40. The Morgan fingerprint density at radius 2 is 0.580 bits per heavy atom. The van der Waals surface area contributed by atoms with Crippen molar-refractivity contribution in [2.24, 2.45) is 28.2 Å². The van der Waals surface area contributed by atoms with E-state index >= 15 is 0 Å². The Kier molecular flexibility index (Phi) is 17.8. The molecule has 17 rings (SSSR count). The Hall–Kier alpha value is -11.2. The summed E-state index contributed by atoms with van der Waals surface area (Å²) >= 11 is 0. The molecule has 0 aliphatic rings. The van der Waals surface area contributed by atoms with Crippen molar-refractivity contribution in [3.8, 4) is 56.2 Å². The molecule has 496 valence electrons. The fourth-order valence-corrected chi connectivity index (χ4v) is 14.9. The lowest BCUT2D eigenvalue weighted by molar-refractivity contribution is -0.661. The highest BCUT2D eigenvalue weighted by Crippen LogP contribution is 2.42. The first-order chi connectivity index (χ1) is 48.2. The van der Waals surface area contributed by atoms with Gasteiger partial charge < -0.3 is 17.7 Å². The summed E-state index contributed by atoms with van der Waals surface area (Å²) in [5.41, 5.74) is 32.5. The topological polar surface area (TPSA) is 68.1 Å². The summed E-state index contributed by atoms with van der Waals surface area (Å²) in [6, 6.07) is 72.3. The van der Waals surface area contributed by atoms with Crippen LogP contribution in [0.5, 0.6) is 0 Å². The van der Waals surface area contributed by atoms with Gasteiger partial charge in [-0.15, -0.1) is 0 Å². The van der Waals surface area contributed by atoms with E-state index in [1.54, 1.807) is 0 Å². The maximum absolute atomic E-state index is 6.31. The third kappa shape index (κ3) is 12.1. The highest BCUT2D eigenvalue weighted by molar-refractivity contribution is 6.13. The van der Waals surface area contributed by atoms with Crippen molar-refractivity contribution in [3.63, 3.8) is 0 Å². The molecule has 0 atom stereocenters. The van der Waals surface area contributed by atoms with E-state index in [0.29, 0.717) is 11.8 Å². The van der Waals surface area contributed by atoms with Crippen LogP contribution in [0.2, 0.25) is 0 Å². The number of fused-ring (bicyclic) bond motifs is 12. The van der Waals surface area contributed by atoms with E-state index < -0.39 is 0 Å². The Labute approximate surface area is 586 Å². The molecule has 0 saturated heterocycles. The van der Waals surface area contributed by atoms with Gasteiger partial charge in [0.25, 0.3) is 0 Å². The van der Waals surface area contributed by atoms with Crippen LogP contribution in [0.15, 0.2) is 249 Å². The molecule has 9 aromatic carbocycles. The first-order valence-corrected chi connectivity index (χ1v) is 34.9. The third-order valence-electron chi connectivity index (χ3n) is 20.3. The standard InChI is InChI=1S/C25H20NO.2C23H24NO.C21H20NO/c1-17-12-13-21-20-10-6-7-11-23(20)27-25(21)24(17)22-16-19(14-15-26(22)2)18-8-4-3-5-9-18;1-14(2)19-12-20(24(5)13-16(19)4)22-15(3)10-11-18-17-8-6-7-9-21(17)25-23(18)22;1-14(2)19-13-24(5)20(12-16(19)4)22-15(3)10-11-18-17-8-6-7-9-21(17)25-23(18)22;1-13-9-10-17-16-7-5-6-8-19(16)23-21(17)20(13)18-11-14(2)15(3)12-22(18)4/h3-16H,1-2H3;2*6-14H,1-5H3;5-12H,1-4H3/q4*+1. The molecular formula is C92H88N4O4+4. The Bertz CT molecular complexity index is 6010. The summed E-state index contributed by atoms with van der Waals surface area (Å²) in [4.78, 5) is 0. The first-order valence-electron chi connectivity index (χ1n) is 34.9. The van der Waals surface area contributed by atoms with Crippen LogP contribution in [0.1, 0.15) is 95.2 Å². The van der Waals surface area contributed by atoms with E-state index in [1.807, 2.05) is 54.6 Å². The van der Waals surface area contributed by atoms with E-state index in [9.17, 15) is 0 Å². The summed E-state index contributed by atoms with van der Waals surface area (Å²) in [6.45, 7) is 26.3. The minimum atomic E-state index is 0.495. The monoisotopic (exact) mass is 1310 g/mol. The zero-order valence-corrected chi connectivity index (χ0v) is 60.5. The molecule has 0 unspecified atom stereocenters. The first kappa shape index (κ1) is 66.0. The third-order valence-corrected chi connectivity index (χ3v) is 20.3. The minimum Gasteiger partial charge on any atom is -0.455 e. The minimum absolute atomic E-state index is 0.495. The molecule has 8 heterocycles. The average molecular weight is 1310 g/mol. The van der Waals surface area contributed by atoms with Crippen molar-refractivity contribution in [1.29, 1.82) is 0 Å². The largest absolute Gasteiger partial charge is 0.455 e. The second kappa shape index (κ2) is 26.9. The highest BCUT2D eigenvalue weighted by atomic mass is 16.3. The maximum atomic E-state index is 6.31. The van der Waals surface area contributed by atoms with Gasteiger partial charge in [0.05, 0.1) is 22.3 Å². The number of hydrogen-bond acceptors (Lipinski definition) is 4. The molecule has 8 nitrogen and oxygen atoms in total. The maximum Gasteiger partial charge on any atom is 0.216 e. The fraction of sp³-hybridized carbons (Fsp3) is 0.196. The number of hydrogen-bond donors (Lipinski definition) is 0. The van der Waals surface area contributed by atoms with Gasteiger partial charge in [-0.25, -0.2) is 18.3 Å². The predicted octanol–water partition coefficient (Wildman–Crippen LogP) is 22.7. The molecule has 8 heteroatoms. The highest BCUT2D eigenvalue weighted by Gasteiger charge is 2.27. The Balaban J connectivity index is 0.000000114. The zero-order valence-electron chi connectivity index (χ0n) is 60.5. The van der Waals surface area contributed by atoms with Crippen LogP contribution in [0.4, 0.5) is 0 Å². The van der Waals surface area contributed by atoms with Gasteiger partial charge in [0.2, 0.25) is 22.8 Å². The number of pyridine rings is 4. The molecule has 17 aromatic rings. The van der Waals surface area contributed by atoms with Crippen molar-refractivity contribution in [2.75, 3.05) is 0 Å². The molecule has 0 aliphatic heterocycles. The lowest BCUT2D eigenvalue weighted by Crippen LogP contribution is -2.32. The van der Waals surface area contributed by atoms with Gasteiger partial charge in [0, 0.05) is 90.1 Å². The molecule has 0 spiro atoms. The molecule has 0 N–H and O–H groups in total. The van der Waals surface area contributed by atoms with E-state index in [-0.39, 0.29) is 0 Å². The number of rotatable bonds is 7. The summed E-state index contributed by atoms with van der Waals surface area (Å²) < 4.78 is 33.9. The Morgan fingerprint density at radius 3 is 0.970 bits per heavy atom. The van der Waals surface area contributed by atoms with E-state index in [0.717, 1.165) is 66.7 Å². The molecular weight excluding hydrogens is 1230 g/mol. The van der Waals surface area contributed by atoms with Crippen LogP contribution in [-0.2, 0) is 28.2 Å². The normalized spacial score (nSPS) is 11.6. The molecule has 100 heavy (non-hydrogen) atoms. The van der Waals surface area contributed by atoms with Crippen molar-refractivity contribution < 1.29 is 35.9 Å². The summed E-state index contributed by atoms with van der Waals surface area (Å²) in [6.07, 6.45) is 8.80. The molecule has 0 radical (unpaired) electrons. The lowest BCUT2D eigenvalue weighted by atomic mass is 9.94. The van der Waals surface area contributed by atoms with Crippen LogP contribution < -0.4 is 18.3 Å². The fourth-order valence-electron chi connectivity index (χ4n) is 14.9. The van der Waals surface area contributed by atoms with E-state index in [4.69, 9.17) is 17.7 Å². The number of benzene rings is 9. The molecule has 0 saturated carbocycles. The Morgan fingerprint density at radius 1 is 0.250 bits per heavy atom. The van der Waals surface area contributed by atoms with Crippen LogP contribution >= 0.6 is 0 Å². The van der Waals surface area contributed by atoms with Gasteiger partial charge in [-0.05, 0) is 142 Å². The number of aromatic nitrogens is 4. The molecule has 0 bridgehead atoms. The predicted molar refractivity (Wildman–Crippen MR) is 413 cm³/mol. The van der Waals surface area contributed by atoms with Crippen molar-refractivity contribution >= 4 is 87.8 Å². The van der Waals surface area contributed by atoms with Crippen LogP contribution in [0, 0.1) is 55.4 Å². The lowest BCUT2D eigenvalue weighted by Gasteiger charge is -2.12. The van der Waals surface area contributed by atoms with Gasteiger partial charge in [0.1, 0.15) is 72.9 Å². The molecule has 0 aliphatic carbocycles. The van der Waals surface area contributed by atoms with Gasteiger partial charge in [-0.3, -0.25) is 0 Å². The smallest absolute Gasteiger partial charge is 0.216 e. The number of nitrogens with zero attached hydrogens (tertiary/aromatic N) is 4. The van der Waals surface area contributed by atoms with Crippen LogP contribution in [0.25, 0.3) is 144 Å². The van der Waals surface area contributed by atoms with Crippen molar-refractivity contribution in [3.05, 3.63) is 287 Å². The number of furan rings is 4. The summed E-state index contributed by atoms with van der Waals surface area (Å²) in [7, 11) is 8.43. The second-order valence-electron chi connectivity index (χ2n) is 28.0. The van der Waals surface area contributed by atoms with Crippen molar-refractivity contribution in [2.45, 2.75) is 94.9 Å². The quantitative estimate of drug-likeness (QED) is 0.149. The molecule has 8 aromatic heterocycles. The van der Waals surface area contributed by atoms with Gasteiger partial charge in [-0.1, -0.05) is 179 Å². The van der Waals surface area contributed by atoms with E-state index in [2.05, 4.69) is 306 Å².